The Morgan fingerprint density at radius 3 is 2.39 bits per heavy atom. The first-order valence-electron chi connectivity index (χ1n) is 8.72. The number of nitrogens with zero attached hydrogens (tertiary/aromatic N) is 1. The maximum atomic E-state index is 12.5. The third kappa shape index (κ3) is 6.21. The average Bonchev–Trinajstić information content (AvgIpc) is 3.16. The van der Waals surface area contributed by atoms with E-state index in [4.69, 9.17) is 4.42 Å². The van der Waals surface area contributed by atoms with Crippen LogP contribution in [0.25, 0.3) is 0 Å². The van der Waals surface area contributed by atoms with E-state index in [2.05, 4.69) is 10.1 Å². The van der Waals surface area contributed by atoms with Gasteiger partial charge in [-0.2, -0.15) is 8.78 Å². The van der Waals surface area contributed by atoms with Gasteiger partial charge in [-0.15, -0.1) is 0 Å². The predicted molar refractivity (Wildman–Crippen MR) is 101 cm³/mol. The molecule has 0 unspecified atom stereocenters. The van der Waals surface area contributed by atoms with Crippen LogP contribution in [0.3, 0.4) is 0 Å². The Morgan fingerprint density at radius 2 is 1.75 bits per heavy atom. The number of hydrogen-bond donors (Lipinski definition) is 1. The van der Waals surface area contributed by atoms with E-state index in [9.17, 15) is 13.6 Å². The van der Waals surface area contributed by atoms with Crippen molar-refractivity contribution in [3.8, 4) is 5.75 Å². The molecule has 146 valence electrons. The summed E-state index contributed by atoms with van der Waals surface area (Å²) in [5.74, 6) is 0.582. The number of anilines is 1. The van der Waals surface area contributed by atoms with Gasteiger partial charge in [-0.3, -0.25) is 9.69 Å². The van der Waals surface area contributed by atoms with Crippen LogP contribution in [0.15, 0.2) is 77.4 Å². The van der Waals surface area contributed by atoms with E-state index in [1.807, 2.05) is 41.3 Å². The van der Waals surface area contributed by atoms with Gasteiger partial charge in [0, 0.05) is 12.2 Å². The van der Waals surface area contributed by atoms with E-state index >= 15 is 0 Å². The summed E-state index contributed by atoms with van der Waals surface area (Å²) in [6.07, 6.45) is 1.60. The second-order valence-electron chi connectivity index (χ2n) is 6.16. The van der Waals surface area contributed by atoms with Crippen LogP contribution in [0, 0.1) is 0 Å². The Hall–Kier alpha value is -3.19. The summed E-state index contributed by atoms with van der Waals surface area (Å²) in [4.78, 5) is 14.4. The molecule has 0 saturated heterocycles. The molecule has 0 spiro atoms. The Bertz CT molecular complexity index is 853. The van der Waals surface area contributed by atoms with E-state index in [0.29, 0.717) is 18.8 Å². The first-order valence-corrected chi connectivity index (χ1v) is 8.72. The van der Waals surface area contributed by atoms with Crippen molar-refractivity contribution < 1.29 is 22.7 Å². The van der Waals surface area contributed by atoms with Crippen LogP contribution in [0.2, 0.25) is 0 Å². The average molecular weight is 386 g/mol. The van der Waals surface area contributed by atoms with Gasteiger partial charge in [0.15, 0.2) is 0 Å². The van der Waals surface area contributed by atoms with Crippen molar-refractivity contribution >= 4 is 11.6 Å². The zero-order valence-corrected chi connectivity index (χ0v) is 15.1. The lowest BCUT2D eigenvalue weighted by Gasteiger charge is -2.21. The van der Waals surface area contributed by atoms with Crippen molar-refractivity contribution in [2.24, 2.45) is 0 Å². The molecule has 0 bridgehead atoms. The number of ether oxygens (including phenoxy) is 1. The SMILES string of the molecule is O=C(CN(Cc1ccccc1)Cc1ccco1)Nc1ccc(OC(F)F)cc1. The molecule has 7 heteroatoms. The lowest BCUT2D eigenvalue weighted by molar-refractivity contribution is -0.117. The topological polar surface area (TPSA) is 54.7 Å². The molecule has 0 aliphatic rings. The molecule has 5 nitrogen and oxygen atoms in total. The second-order valence-corrected chi connectivity index (χ2v) is 6.16. The Kier molecular flexibility index (Phi) is 6.75. The molecule has 3 rings (SSSR count). The minimum absolute atomic E-state index is 0.0384. The summed E-state index contributed by atoms with van der Waals surface area (Å²) in [6.45, 7) is -1.68. The van der Waals surface area contributed by atoms with E-state index in [1.165, 1.54) is 24.3 Å². The van der Waals surface area contributed by atoms with Crippen LogP contribution in [-0.2, 0) is 17.9 Å². The van der Waals surface area contributed by atoms with Crippen molar-refractivity contribution in [1.82, 2.24) is 4.90 Å². The molecule has 0 aliphatic carbocycles. The number of rotatable bonds is 9. The Labute approximate surface area is 161 Å². The van der Waals surface area contributed by atoms with Gasteiger partial charge < -0.3 is 14.5 Å². The first kappa shape index (κ1) is 19.6. The molecule has 3 aromatic rings. The molecule has 0 radical (unpaired) electrons. The largest absolute Gasteiger partial charge is 0.468 e. The summed E-state index contributed by atoms with van der Waals surface area (Å²) < 4.78 is 34.1. The highest BCUT2D eigenvalue weighted by atomic mass is 19.3. The summed E-state index contributed by atoms with van der Waals surface area (Å²) in [5, 5.41) is 2.76. The highest BCUT2D eigenvalue weighted by Crippen LogP contribution is 2.18. The van der Waals surface area contributed by atoms with Crippen LogP contribution in [0.4, 0.5) is 14.5 Å². The summed E-state index contributed by atoms with van der Waals surface area (Å²) in [7, 11) is 0. The number of halogens is 2. The fourth-order valence-electron chi connectivity index (χ4n) is 2.76. The van der Waals surface area contributed by atoms with Crippen LogP contribution in [0.1, 0.15) is 11.3 Å². The van der Waals surface area contributed by atoms with Gasteiger partial charge in [-0.05, 0) is 42.0 Å². The van der Waals surface area contributed by atoms with Crippen LogP contribution in [-0.4, -0.2) is 24.0 Å². The lowest BCUT2D eigenvalue weighted by atomic mass is 10.2. The van der Waals surface area contributed by atoms with E-state index in [-0.39, 0.29) is 18.2 Å². The molecule has 1 N–H and O–H groups in total. The zero-order valence-electron chi connectivity index (χ0n) is 15.1. The van der Waals surface area contributed by atoms with Crippen molar-refractivity contribution in [3.05, 3.63) is 84.3 Å². The van der Waals surface area contributed by atoms with Crippen LogP contribution >= 0.6 is 0 Å². The summed E-state index contributed by atoms with van der Waals surface area (Å²) in [6, 6.07) is 19.3. The van der Waals surface area contributed by atoms with Gasteiger partial charge in [0.2, 0.25) is 5.91 Å². The van der Waals surface area contributed by atoms with E-state index < -0.39 is 6.61 Å². The van der Waals surface area contributed by atoms with E-state index in [1.54, 1.807) is 12.3 Å². The number of alkyl halides is 2. The monoisotopic (exact) mass is 386 g/mol. The Balaban J connectivity index is 1.61. The minimum Gasteiger partial charge on any atom is -0.468 e. The van der Waals surface area contributed by atoms with Gasteiger partial charge in [-0.1, -0.05) is 30.3 Å². The van der Waals surface area contributed by atoms with E-state index in [0.717, 1.165) is 11.3 Å². The molecule has 0 fully saturated rings. The highest BCUT2D eigenvalue weighted by molar-refractivity contribution is 5.92. The van der Waals surface area contributed by atoms with Crippen LogP contribution < -0.4 is 10.1 Å². The normalized spacial score (nSPS) is 11.0. The standard InChI is InChI=1S/C21H20F2N2O3/c22-21(23)28-18-10-8-17(9-11-18)24-20(26)15-25(14-19-7-4-12-27-19)13-16-5-2-1-3-6-16/h1-12,21H,13-15H2,(H,24,26). The van der Waals surface area contributed by atoms with Crippen molar-refractivity contribution in [2.75, 3.05) is 11.9 Å². The molecule has 1 amide bonds. The van der Waals surface area contributed by atoms with Gasteiger partial charge in [0.05, 0.1) is 19.4 Å². The van der Waals surface area contributed by atoms with Crippen molar-refractivity contribution in [3.63, 3.8) is 0 Å². The first-order chi connectivity index (χ1) is 13.6. The number of furan rings is 1. The Morgan fingerprint density at radius 1 is 1.00 bits per heavy atom. The van der Waals surface area contributed by atoms with Gasteiger partial charge in [0.25, 0.3) is 0 Å². The smallest absolute Gasteiger partial charge is 0.387 e. The predicted octanol–water partition coefficient (Wildman–Crippen LogP) is 4.52. The number of amides is 1. The molecule has 28 heavy (non-hydrogen) atoms. The maximum Gasteiger partial charge on any atom is 0.387 e. The molecule has 0 atom stereocenters. The summed E-state index contributed by atoms with van der Waals surface area (Å²) >= 11 is 0. The zero-order chi connectivity index (χ0) is 19.8. The number of nitrogens with one attached hydrogen (secondary N) is 1. The van der Waals surface area contributed by atoms with Gasteiger partial charge >= 0.3 is 6.61 Å². The molecule has 0 aliphatic heterocycles. The quantitative estimate of drug-likeness (QED) is 0.587. The van der Waals surface area contributed by atoms with Crippen molar-refractivity contribution in [2.45, 2.75) is 19.7 Å². The lowest BCUT2D eigenvalue weighted by Crippen LogP contribution is -2.32. The highest BCUT2D eigenvalue weighted by Gasteiger charge is 2.14. The van der Waals surface area contributed by atoms with Crippen molar-refractivity contribution in [1.29, 1.82) is 0 Å². The molecule has 1 heterocycles. The third-order valence-corrected chi connectivity index (χ3v) is 3.94. The second kappa shape index (κ2) is 9.66. The number of carbonyl (C=O) groups excluding carboxylic acids is 1. The fraction of sp³-hybridized carbons (Fsp3) is 0.190. The van der Waals surface area contributed by atoms with Crippen LogP contribution in [0.5, 0.6) is 5.75 Å². The third-order valence-electron chi connectivity index (χ3n) is 3.94. The molecule has 1 aromatic heterocycles. The number of carbonyl (C=O) groups is 1. The van der Waals surface area contributed by atoms with Gasteiger partial charge in [-0.25, -0.2) is 0 Å². The number of benzene rings is 2. The minimum atomic E-state index is -2.88. The number of hydrogen-bond acceptors (Lipinski definition) is 4. The maximum absolute atomic E-state index is 12.5. The molecular weight excluding hydrogens is 366 g/mol. The fourth-order valence-corrected chi connectivity index (χ4v) is 2.76. The molecule has 0 saturated carbocycles. The van der Waals surface area contributed by atoms with Gasteiger partial charge in [0.1, 0.15) is 11.5 Å². The summed E-state index contributed by atoms with van der Waals surface area (Å²) in [5.41, 5.74) is 1.58. The molecular formula is C21H20F2N2O3. The molecule has 2 aromatic carbocycles.